The largest absolute Gasteiger partial charge is 0.490 e. The number of piperidine rings is 1. The Morgan fingerprint density at radius 3 is 2.73 bits per heavy atom. The highest BCUT2D eigenvalue weighted by Crippen LogP contribution is 2.23. The first-order chi connectivity index (χ1) is 10.7. The summed E-state index contributed by atoms with van der Waals surface area (Å²) < 4.78 is 10.9. The highest BCUT2D eigenvalue weighted by atomic mass is 16.5. The lowest BCUT2D eigenvalue weighted by molar-refractivity contribution is 0.0504. The van der Waals surface area contributed by atoms with E-state index in [4.69, 9.17) is 15.2 Å². The number of likely N-dealkylation sites (tertiary alicyclic amines) is 1. The molecule has 0 unspecified atom stereocenters. The number of carbonyl (C=O) groups excluding carboxylic acids is 1. The van der Waals surface area contributed by atoms with Gasteiger partial charge in [-0.25, -0.2) is 4.79 Å². The number of nitrogens with zero attached hydrogens (tertiary/aromatic N) is 1. The molecule has 0 amide bonds. The molecular weight excluding hydrogens is 280 g/mol. The zero-order valence-electron chi connectivity index (χ0n) is 13.3. The van der Waals surface area contributed by atoms with Crippen molar-refractivity contribution in [3.8, 4) is 5.75 Å². The van der Waals surface area contributed by atoms with E-state index in [0.717, 1.165) is 26.1 Å². The van der Waals surface area contributed by atoms with Crippen LogP contribution in [-0.4, -0.2) is 43.7 Å². The summed E-state index contributed by atoms with van der Waals surface area (Å²) in [5, 5.41) is 0. The Balaban J connectivity index is 1.87. The molecule has 122 valence electrons. The minimum atomic E-state index is -0.331. The molecule has 0 saturated carbocycles. The van der Waals surface area contributed by atoms with Gasteiger partial charge in [0, 0.05) is 6.54 Å². The second-order valence-corrected chi connectivity index (χ2v) is 5.64. The van der Waals surface area contributed by atoms with Gasteiger partial charge in [0.2, 0.25) is 0 Å². The van der Waals surface area contributed by atoms with Gasteiger partial charge in [0.1, 0.15) is 12.4 Å². The standard InChI is InChI=1S/C17H26N2O3/c1-2-11-22-17(20)14-6-7-15(18)16(13-14)21-12-10-19-8-4-3-5-9-19/h6-7,13H,2-5,8-12,18H2,1H3. The molecule has 1 aliphatic rings. The van der Waals surface area contributed by atoms with Gasteiger partial charge in [0.15, 0.2) is 0 Å². The first-order valence-electron chi connectivity index (χ1n) is 8.12. The van der Waals surface area contributed by atoms with Crippen LogP contribution >= 0.6 is 0 Å². The van der Waals surface area contributed by atoms with Crippen molar-refractivity contribution in [1.82, 2.24) is 4.90 Å². The summed E-state index contributed by atoms with van der Waals surface area (Å²) >= 11 is 0. The first-order valence-corrected chi connectivity index (χ1v) is 8.12. The Morgan fingerprint density at radius 1 is 1.23 bits per heavy atom. The van der Waals surface area contributed by atoms with Gasteiger partial charge in [-0.1, -0.05) is 13.3 Å². The van der Waals surface area contributed by atoms with Crippen LogP contribution in [0.1, 0.15) is 43.0 Å². The summed E-state index contributed by atoms with van der Waals surface area (Å²) in [6, 6.07) is 5.03. The molecule has 0 spiro atoms. The van der Waals surface area contributed by atoms with Crippen molar-refractivity contribution in [3.05, 3.63) is 23.8 Å². The van der Waals surface area contributed by atoms with Gasteiger partial charge in [-0.2, -0.15) is 0 Å². The Hall–Kier alpha value is -1.75. The van der Waals surface area contributed by atoms with Gasteiger partial charge < -0.3 is 15.2 Å². The third-order valence-corrected chi connectivity index (χ3v) is 3.80. The maximum Gasteiger partial charge on any atom is 0.338 e. The summed E-state index contributed by atoms with van der Waals surface area (Å²) in [4.78, 5) is 14.3. The molecule has 5 heteroatoms. The molecule has 0 bridgehead atoms. The van der Waals surface area contributed by atoms with Crippen LogP contribution in [0, 0.1) is 0 Å². The van der Waals surface area contributed by atoms with Crippen LogP contribution in [0.5, 0.6) is 5.75 Å². The second-order valence-electron chi connectivity index (χ2n) is 5.64. The number of nitrogens with two attached hydrogens (primary N) is 1. The summed E-state index contributed by atoms with van der Waals surface area (Å²) in [5.41, 5.74) is 6.95. The zero-order chi connectivity index (χ0) is 15.8. The molecule has 1 saturated heterocycles. The molecule has 0 atom stereocenters. The van der Waals surface area contributed by atoms with Crippen molar-refractivity contribution in [1.29, 1.82) is 0 Å². The minimum absolute atomic E-state index is 0.331. The van der Waals surface area contributed by atoms with Crippen molar-refractivity contribution < 1.29 is 14.3 Å². The van der Waals surface area contributed by atoms with E-state index in [1.807, 2.05) is 6.92 Å². The van der Waals surface area contributed by atoms with Gasteiger partial charge in [0.05, 0.1) is 17.9 Å². The highest BCUT2D eigenvalue weighted by molar-refractivity contribution is 5.90. The second kappa shape index (κ2) is 8.63. The van der Waals surface area contributed by atoms with E-state index >= 15 is 0 Å². The maximum absolute atomic E-state index is 11.9. The summed E-state index contributed by atoms with van der Waals surface area (Å²) in [7, 11) is 0. The van der Waals surface area contributed by atoms with E-state index in [-0.39, 0.29) is 5.97 Å². The molecule has 22 heavy (non-hydrogen) atoms. The van der Waals surface area contributed by atoms with Crippen LogP contribution < -0.4 is 10.5 Å². The number of ether oxygens (including phenoxy) is 2. The van der Waals surface area contributed by atoms with Crippen LogP contribution in [0.4, 0.5) is 5.69 Å². The highest BCUT2D eigenvalue weighted by Gasteiger charge is 2.12. The van der Waals surface area contributed by atoms with Gasteiger partial charge in [-0.15, -0.1) is 0 Å². The number of carbonyl (C=O) groups is 1. The lowest BCUT2D eigenvalue weighted by Crippen LogP contribution is -2.33. The number of benzene rings is 1. The van der Waals surface area contributed by atoms with Gasteiger partial charge >= 0.3 is 5.97 Å². The molecule has 1 fully saturated rings. The van der Waals surface area contributed by atoms with Crippen molar-refractivity contribution in [2.45, 2.75) is 32.6 Å². The van der Waals surface area contributed by atoms with E-state index in [1.165, 1.54) is 19.3 Å². The predicted molar refractivity (Wildman–Crippen MR) is 87.2 cm³/mol. The molecule has 1 aromatic carbocycles. The van der Waals surface area contributed by atoms with Crippen LogP contribution in [0.25, 0.3) is 0 Å². The Kier molecular flexibility index (Phi) is 6.52. The number of hydrogen-bond acceptors (Lipinski definition) is 5. The molecular formula is C17H26N2O3. The van der Waals surface area contributed by atoms with Gasteiger partial charge in [0.25, 0.3) is 0 Å². The topological polar surface area (TPSA) is 64.8 Å². The molecule has 1 heterocycles. The first kappa shape index (κ1) is 16.6. The number of hydrogen-bond donors (Lipinski definition) is 1. The van der Waals surface area contributed by atoms with Crippen molar-refractivity contribution in [3.63, 3.8) is 0 Å². The maximum atomic E-state index is 11.9. The lowest BCUT2D eigenvalue weighted by Gasteiger charge is -2.26. The van der Waals surface area contributed by atoms with E-state index in [0.29, 0.717) is 30.2 Å². The van der Waals surface area contributed by atoms with Crippen LogP contribution in [0.3, 0.4) is 0 Å². The normalized spacial score (nSPS) is 15.5. The quantitative estimate of drug-likeness (QED) is 0.620. The number of nitrogen functional groups attached to an aromatic ring is 1. The van der Waals surface area contributed by atoms with Gasteiger partial charge in [-0.3, -0.25) is 4.90 Å². The van der Waals surface area contributed by atoms with E-state index in [9.17, 15) is 4.79 Å². The monoisotopic (exact) mass is 306 g/mol. The van der Waals surface area contributed by atoms with Crippen molar-refractivity contribution in [2.24, 2.45) is 0 Å². The van der Waals surface area contributed by atoms with Crippen molar-refractivity contribution in [2.75, 3.05) is 38.6 Å². The number of esters is 1. The van der Waals surface area contributed by atoms with Crippen molar-refractivity contribution >= 4 is 11.7 Å². The summed E-state index contributed by atoms with van der Waals surface area (Å²) in [6.45, 7) is 6.14. The minimum Gasteiger partial charge on any atom is -0.490 e. The van der Waals surface area contributed by atoms with Crippen LogP contribution in [0.15, 0.2) is 18.2 Å². The summed E-state index contributed by atoms with van der Waals surface area (Å²) in [6.07, 6.45) is 4.66. The molecule has 5 nitrogen and oxygen atoms in total. The molecule has 1 aliphatic heterocycles. The van der Waals surface area contributed by atoms with E-state index in [1.54, 1.807) is 18.2 Å². The lowest BCUT2D eigenvalue weighted by atomic mass is 10.1. The average Bonchev–Trinajstić information content (AvgIpc) is 2.55. The fraction of sp³-hybridized carbons (Fsp3) is 0.588. The molecule has 0 radical (unpaired) electrons. The fourth-order valence-electron chi connectivity index (χ4n) is 2.53. The number of rotatable bonds is 7. The molecule has 1 aromatic rings. The third kappa shape index (κ3) is 4.91. The van der Waals surface area contributed by atoms with Gasteiger partial charge in [-0.05, 0) is 50.6 Å². The molecule has 2 rings (SSSR count). The average molecular weight is 306 g/mol. The molecule has 0 aromatic heterocycles. The Labute approximate surface area is 132 Å². The van der Waals surface area contributed by atoms with E-state index < -0.39 is 0 Å². The zero-order valence-corrected chi connectivity index (χ0v) is 13.3. The Morgan fingerprint density at radius 2 is 2.00 bits per heavy atom. The fourth-order valence-corrected chi connectivity index (χ4v) is 2.53. The SMILES string of the molecule is CCCOC(=O)c1ccc(N)c(OCCN2CCCCC2)c1. The Bertz CT molecular complexity index is 485. The smallest absolute Gasteiger partial charge is 0.338 e. The summed E-state index contributed by atoms with van der Waals surface area (Å²) in [5.74, 6) is 0.227. The number of anilines is 1. The third-order valence-electron chi connectivity index (χ3n) is 3.80. The predicted octanol–water partition coefficient (Wildman–Crippen LogP) is 2.70. The molecule has 2 N–H and O–H groups in total. The van der Waals surface area contributed by atoms with E-state index in [2.05, 4.69) is 4.90 Å². The van der Waals surface area contributed by atoms with Crippen LogP contribution in [-0.2, 0) is 4.74 Å². The van der Waals surface area contributed by atoms with Crippen LogP contribution in [0.2, 0.25) is 0 Å². The molecule has 0 aliphatic carbocycles.